The molecule has 3 aromatic rings. The minimum atomic E-state index is -0.869. The number of rotatable bonds is 7. The summed E-state index contributed by atoms with van der Waals surface area (Å²) in [6.45, 7) is 6.76. The lowest BCUT2D eigenvalue weighted by Gasteiger charge is -2.21. The summed E-state index contributed by atoms with van der Waals surface area (Å²) in [6.07, 6.45) is 6.07. The van der Waals surface area contributed by atoms with Crippen molar-refractivity contribution in [3.05, 3.63) is 48.0 Å². The second kappa shape index (κ2) is 9.45. The van der Waals surface area contributed by atoms with Crippen molar-refractivity contribution in [3.8, 4) is 17.2 Å². The molecule has 3 amide bonds. The molecule has 4 heterocycles. The molecule has 1 aliphatic carbocycles. The Morgan fingerprint density at radius 3 is 2.55 bits per heavy atom. The Morgan fingerprint density at radius 2 is 1.95 bits per heavy atom. The van der Waals surface area contributed by atoms with E-state index < -0.39 is 11.3 Å². The maximum absolute atomic E-state index is 12.9. The molecule has 4 N–H and O–H groups in total. The molecule has 1 aliphatic heterocycles. The van der Waals surface area contributed by atoms with Gasteiger partial charge in [0.15, 0.2) is 0 Å². The van der Waals surface area contributed by atoms with E-state index in [1.54, 1.807) is 21.7 Å². The average molecular weight is 515 g/mol. The van der Waals surface area contributed by atoms with Crippen molar-refractivity contribution in [2.24, 2.45) is 17.1 Å². The van der Waals surface area contributed by atoms with E-state index in [2.05, 4.69) is 26.8 Å². The summed E-state index contributed by atoms with van der Waals surface area (Å²) in [6, 6.07) is 7.40. The normalized spacial score (nSPS) is 19.8. The Kier molecular flexibility index (Phi) is 6.26. The summed E-state index contributed by atoms with van der Waals surface area (Å²) >= 11 is 0. The van der Waals surface area contributed by atoms with Crippen LogP contribution in [-0.4, -0.2) is 62.4 Å². The molecule has 0 bridgehead atoms. The third-order valence-electron chi connectivity index (χ3n) is 7.25. The van der Waals surface area contributed by atoms with Gasteiger partial charge in [-0.1, -0.05) is 13.0 Å². The van der Waals surface area contributed by atoms with Crippen LogP contribution in [0.5, 0.6) is 0 Å². The number of aromatic nitrogens is 3. The molecule has 11 nitrogen and oxygen atoms in total. The van der Waals surface area contributed by atoms with E-state index >= 15 is 0 Å². The van der Waals surface area contributed by atoms with E-state index in [0.717, 1.165) is 11.1 Å². The number of pyridine rings is 1. The Hall–Kier alpha value is -4.46. The lowest BCUT2D eigenvalue weighted by Crippen LogP contribution is -2.36. The molecule has 1 saturated carbocycles. The summed E-state index contributed by atoms with van der Waals surface area (Å²) < 4.78 is 1.65. The number of nitrogens with two attached hydrogens (primary N) is 1. The van der Waals surface area contributed by atoms with Crippen molar-refractivity contribution in [1.29, 1.82) is 5.26 Å². The van der Waals surface area contributed by atoms with Crippen molar-refractivity contribution in [2.45, 2.75) is 45.7 Å². The zero-order valence-electron chi connectivity index (χ0n) is 21.6. The summed E-state index contributed by atoms with van der Waals surface area (Å²) in [5, 5.41) is 20.1. The maximum Gasteiger partial charge on any atom is 0.270 e. The van der Waals surface area contributed by atoms with Crippen LogP contribution >= 0.6 is 0 Å². The molecule has 0 spiro atoms. The van der Waals surface area contributed by atoms with Crippen LogP contribution < -0.4 is 16.4 Å². The molecule has 196 valence electrons. The molecule has 11 heteroatoms. The van der Waals surface area contributed by atoms with Crippen LogP contribution in [0.3, 0.4) is 0 Å². The highest BCUT2D eigenvalue weighted by atomic mass is 16.2. The Bertz CT molecular complexity index is 1470. The number of anilines is 1. The number of carbonyl (C=O) groups excluding carboxylic acids is 3. The smallest absolute Gasteiger partial charge is 0.270 e. The van der Waals surface area contributed by atoms with Crippen molar-refractivity contribution in [2.75, 3.05) is 18.4 Å². The van der Waals surface area contributed by atoms with Gasteiger partial charge in [0.05, 0.1) is 29.0 Å². The quantitative estimate of drug-likeness (QED) is 0.436. The molecule has 5 rings (SSSR count). The van der Waals surface area contributed by atoms with Crippen molar-refractivity contribution in [3.63, 3.8) is 0 Å². The number of hydrogen-bond donors (Lipinski definition) is 3. The summed E-state index contributed by atoms with van der Waals surface area (Å²) in [5.74, 6) is -0.888. The Labute approximate surface area is 220 Å². The van der Waals surface area contributed by atoms with E-state index in [0.29, 0.717) is 42.8 Å². The number of nitriles is 1. The molecule has 0 radical (unpaired) electrons. The second-order valence-electron chi connectivity index (χ2n) is 10.5. The first-order chi connectivity index (χ1) is 18.1. The zero-order chi connectivity index (χ0) is 27.2. The van der Waals surface area contributed by atoms with Gasteiger partial charge in [-0.2, -0.15) is 10.4 Å². The third-order valence-corrected chi connectivity index (χ3v) is 7.25. The van der Waals surface area contributed by atoms with Crippen molar-refractivity contribution in [1.82, 2.24) is 24.8 Å². The fourth-order valence-corrected chi connectivity index (χ4v) is 4.90. The van der Waals surface area contributed by atoms with Gasteiger partial charge in [-0.05, 0) is 44.7 Å². The monoisotopic (exact) mass is 514 g/mol. The largest absolute Gasteiger partial charge is 0.378 e. The van der Waals surface area contributed by atoms with Crippen LogP contribution in [0.1, 0.15) is 54.5 Å². The van der Waals surface area contributed by atoms with E-state index in [1.807, 2.05) is 39.1 Å². The lowest BCUT2D eigenvalue weighted by molar-refractivity contribution is -0.134. The van der Waals surface area contributed by atoms with Crippen LogP contribution in [0.15, 0.2) is 36.8 Å². The van der Waals surface area contributed by atoms with Gasteiger partial charge in [0, 0.05) is 48.7 Å². The van der Waals surface area contributed by atoms with Crippen molar-refractivity contribution >= 4 is 28.9 Å². The SMILES string of the molecule is CC(C)NC(=O)c1ccc(-c2cc3c(N[C@@H]4CN(C(=O)C5(C#N)CC5)C[C@@H]4C)c(C(N)=O)cnn3c2)cn1. The van der Waals surface area contributed by atoms with E-state index in [4.69, 9.17) is 5.73 Å². The van der Waals surface area contributed by atoms with E-state index in [9.17, 15) is 19.6 Å². The number of fused-ring (bicyclic) bond motifs is 1. The second-order valence-corrected chi connectivity index (χ2v) is 10.5. The number of nitrogens with one attached hydrogen (secondary N) is 2. The molecule has 0 unspecified atom stereocenters. The van der Waals surface area contributed by atoms with Gasteiger partial charge in [-0.25, -0.2) is 4.52 Å². The third kappa shape index (κ3) is 4.53. The number of nitrogens with zero attached hydrogens (tertiary/aromatic N) is 5. The number of primary amides is 1. The number of amides is 3. The summed E-state index contributed by atoms with van der Waals surface area (Å²) in [5.41, 5.74) is 8.14. The van der Waals surface area contributed by atoms with Gasteiger partial charge in [-0.15, -0.1) is 0 Å². The Balaban J connectivity index is 1.43. The molecule has 1 saturated heterocycles. The molecule has 2 fully saturated rings. The van der Waals surface area contributed by atoms with Crippen LogP contribution in [0.25, 0.3) is 16.6 Å². The number of likely N-dealkylation sites (tertiary alicyclic amines) is 1. The summed E-state index contributed by atoms with van der Waals surface area (Å²) in [7, 11) is 0. The van der Waals surface area contributed by atoms with Gasteiger partial charge in [0.2, 0.25) is 5.91 Å². The molecule has 2 atom stereocenters. The standard InChI is InChI=1S/C27H30N8O3/c1-15(2)32-25(37)20-5-4-17(9-30-20)18-8-22-23(19(24(29)36)10-31-35(22)12-18)33-21-13-34(11-16(21)3)26(38)27(14-28)6-7-27/h4-5,8-10,12,15-16,21,33H,6-7,11,13H2,1-3H3,(H2,29,36)(H,32,37)/t16-,21+/m0/s1. The molecular weight excluding hydrogens is 484 g/mol. The van der Waals surface area contributed by atoms with Crippen LogP contribution in [0.4, 0.5) is 5.69 Å². The van der Waals surface area contributed by atoms with Gasteiger partial charge < -0.3 is 21.3 Å². The van der Waals surface area contributed by atoms with Gasteiger partial charge in [-0.3, -0.25) is 19.4 Å². The average Bonchev–Trinajstić information content (AvgIpc) is 3.43. The van der Waals surface area contributed by atoms with Crippen LogP contribution in [0, 0.1) is 22.7 Å². The first-order valence-corrected chi connectivity index (χ1v) is 12.7. The highest BCUT2D eigenvalue weighted by molar-refractivity contribution is 6.02. The number of hydrogen-bond acceptors (Lipinski definition) is 7. The van der Waals surface area contributed by atoms with E-state index in [-0.39, 0.29) is 35.4 Å². The molecule has 0 aromatic carbocycles. The first kappa shape index (κ1) is 25.2. The van der Waals surface area contributed by atoms with Crippen LogP contribution in [0.2, 0.25) is 0 Å². The fraction of sp³-hybridized carbons (Fsp3) is 0.407. The molecular formula is C27H30N8O3. The fourth-order valence-electron chi connectivity index (χ4n) is 4.90. The highest BCUT2D eigenvalue weighted by Crippen LogP contribution is 2.47. The lowest BCUT2D eigenvalue weighted by atomic mass is 10.1. The molecule has 38 heavy (non-hydrogen) atoms. The maximum atomic E-state index is 12.9. The van der Waals surface area contributed by atoms with Crippen molar-refractivity contribution < 1.29 is 14.4 Å². The number of carbonyl (C=O) groups is 3. The van der Waals surface area contributed by atoms with Gasteiger partial charge in [0.1, 0.15) is 11.1 Å². The minimum Gasteiger partial charge on any atom is -0.378 e. The topological polar surface area (TPSA) is 159 Å². The Morgan fingerprint density at radius 1 is 1.18 bits per heavy atom. The summed E-state index contributed by atoms with van der Waals surface area (Å²) in [4.78, 5) is 43.5. The zero-order valence-corrected chi connectivity index (χ0v) is 21.6. The predicted molar refractivity (Wildman–Crippen MR) is 140 cm³/mol. The highest BCUT2D eigenvalue weighted by Gasteiger charge is 2.54. The predicted octanol–water partition coefficient (Wildman–Crippen LogP) is 2.20. The van der Waals surface area contributed by atoms with E-state index in [1.165, 1.54) is 6.20 Å². The first-order valence-electron chi connectivity index (χ1n) is 12.7. The van der Waals surface area contributed by atoms with Gasteiger partial charge in [0.25, 0.3) is 11.8 Å². The van der Waals surface area contributed by atoms with Crippen LogP contribution in [-0.2, 0) is 4.79 Å². The molecule has 2 aliphatic rings. The minimum absolute atomic E-state index is 0.00569. The van der Waals surface area contributed by atoms with Gasteiger partial charge >= 0.3 is 0 Å². The molecule has 3 aromatic heterocycles.